The number of hydrogen-bond donors (Lipinski definition) is 1. The Morgan fingerprint density at radius 3 is 2.36 bits per heavy atom. The van der Waals surface area contributed by atoms with Crippen molar-refractivity contribution in [3.63, 3.8) is 0 Å². The van der Waals surface area contributed by atoms with Gasteiger partial charge in [-0.1, -0.05) is 60.3 Å². The molecule has 0 radical (unpaired) electrons. The maximum atomic E-state index is 13.1. The Bertz CT molecular complexity index is 1480. The molecule has 8 nitrogen and oxygen atoms in total. The van der Waals surface area contributed by atoms with Crippen LogP contribution in [0.15, 0.2) is 90.3 Å². The summed E-state index contributed by atoms with van der Waals surface area (Å²) in [5, 5.41) is 10.4. The summed E-state index contributed by atoms with van der Waals surface area (Å²) in [6.07, 6.45) is 3.23. The predicted octanol–water partition coefficient (Wildman–Crippen LogP) is 5.05. The Balaban J connectivity index is 1.28. The summed E-state index contributed by atoms with van der Waals surface area (Å²) in [6.45, 7) is -0.0227. The number of rotatable bonds is 7. The Hall–Kier alpha value is -3.76. The third-order valence-corrected chi connectivity index (χ3v) is 8.17. The molecule has 0 aliphatic carbocycles. The van der Waals surface area contributed by atoms with Gasteiger partial charge in [0.15, 0.2) is 11.4 Å². The van der Waals surface area contributed by atoms with E-state index in [4.69, 9.17) is 9.47 Å². The minimum atomic E-state index is -0.705. The van der Waals surface area contributed by atoms with E-state index in [-0.39, 0.29) is 30.6 Å². The highest BCUT2D eigenvalue weighted by Gasteiger charge is 2.37. The SMILES string of the molecule is Cn1ccnc1SC[C@H]1C[C@@H](c2ccc(CO)cc2)O[C@@H](c2cccc(N3C(=O)c4ccccc4C3=O)c2)O1. The van der Waals surface area contributed by atoms with E-state index in [0.717, 1.165) is 16.3 Å². The van der Waals surface area contributed by atoms with Gasteiger partial charge in [0.05, 0.1) is 35.6 Å². The highest BCUT2D eigenvalue weighted by molar-refractivity contribution is 7.99. The molecule has 0 saturated carbocycles. The average Bonchev–Trinajstić information content (AvgIpc) is 3.51. The number of aromatic nitrogens is 2. The van der Waals surface area contributed by atoms with Gasteiger partial charge in [0.2, 0.25) is 0 Å². The van der Waals surface area contributed by atoms with Crippen LogP contribution in [0.1, 0.15) is 56.2 Å². The van der Waals surface area contributed by atoms with Gasteiger partial charge in [-0.15, -0.1) is 0 Å². The molecule has 9 heteroatoms. The summed E-state index contributed by atoms with van der Waals surface area (Å²) in [5.74, 6) is -0.0116. The minimum Gasteiger partial charge on any atom is -0.392 e. The predicted molar refractivity (Wildman–Crippen MR) is 146 cm³/mol. The molecule has 198 valence electrons. The fourth-order valence-electron chi connectivity index (χ4n) is 4.92. The summed E-state index contributed by atoms with van der Waals surface area (Å²) in [4.78, 5) is 31.8. The maximum absolute atomic E-state index is 13.1. The van der Waals surface area contributed by atoms with Crippen LogP contribution in [0.2, 0.25) is 0 Å². The molecule has 3 heterocycles. The second-order valence-corrected chi connectivity index (χ2v) is 10.6. The van der Waals surface area contributed by atoms with Gasteiger partial charge in [-0.3, -0.25) is 9.59 Å². The molecule has 1 fully saturated rings. The van der Waals surface area contributed by atoms with Crippen LogP contribution in [0.5, 0.6) is 0 Å². The number of imide groups is 1. The lowest BCUT2D eigenvalue weighted by atomic mass is 10.0. The minimum absolute atomic E-state index is 0.0227. The van der Waals surface area contributed by atoms with Crippen molar-refractivity contribution in [3.8, 4) is 0 Å². The highest BCUT2D eigenvalue weighted by atomic mass is 32.2. The lowest BCUT2D eigenvalue weighted by molar-refractivity contribution is -0.245. The fourth-order valence-corrected chi connectivity index (χ4v) is 5.86. The number of carbonyl (C=O) groups excluding carboxylic acids is 2. The molecule has 0 bridgehead atoms. The number of nitrogens with zero attached hydrogens (tertiary/aromatic N) is 3. The first kappa shape index (κ1) is 25.5. The number of aliphatic hydroxyl groups excluding tert-OH is 1. The second-order valence-electron chi connectivity index (χ2n) is 9.57. The van der Waals surface area contributed by atoms with Crippen LogP contribution in [0.3, 0.4) is 0 Å². The Morgan fingerprint density at radius 1 is 0.949 bits per heavy atom. The number of imidazole rings is 1. The average molecular weight is 542 g/mol. The van der Waals surface area contributed by atoms with Gasteiger partial charge in [-0.2, -0.15) is 0 Å². The second kappa shape index (κ2) is 10.8. The number of aryl methyl sites for hydroxylation is 1. The molecule has 2 aliphatic heterocycles. The number of hydrogen-bond acceptors (Lipinski definition) is 7. The van der Waals surface area contributed by atoms with E-state index in [0.29, 0.717) is 34.6 Å². The largest absolute Gasteiger partial charge is 0.392 e. The Labute approximate surface area is 230 Å². The first-order valence-electron chi connectivity index (χ1n) is 12.7. The van der Waals surface area contributed by atoms with Gasteiger partial charge >= 0.3 is 0 Å². The fraction of sp³-hybridized carbons (Fsp3) is 0.233. The van der Waals surface area contributed by atoms with Gasteiger partial charge in [0.25, 0.3) is 11.8 Å². The summed E-state index contributed by atoms with van der Waals surface area (Å²) >= 11 is 1.62. The summed E-state index contributed by atoms with van der Waals surface area (Å²) < 4.78 is 14.9. The Morgan fingerprint density at radius 2 is 1.69 bits per heavy atom. The molecule has 0 spiro atoms. The highest BCUT2D eigenvalue weighted by Crippen LogP contribution is 2.40. The lowest BCUT2D eigenvalue weighted by Crippen LogP contribution is -2.32. The van der Waals surface area contributed by atoms with Crippen LogP contribution in [0.4, 0.5) is 5.69 Å². The monoisotopic (exact) mass is 541 g/mol. The molecule has 2 amide bonds. The molecule has 1 aromatic heterocycles. The zero-order valence-corrected chi connectivity index (χ0v) is 22.1. The topological polar surface area (TPSA) is 93.9 Å². The molecule has 4 aromatic rings. The van der Waals surface area contributed by atoms with E-state index in [1.54, 1.807) is 60.4 Å². The zero-order chi connectivity index (χ0) is 26.9. The van der Waals surface area contributed by atoms with E-state index >= 15 is 0 Å². The number of thioether (sulfide) groups is 1. The molecule has 6 rings (SSSR count). The van der Waals surface area contributed by atoms with E-state index in [9.17, 15) is 14.7 Å². The maximum Gasteiger partial charge on any atom is 0.266 e. The van der Waals surface area contributed by atoms with Crippen LogP contribution in [0, 0.1) is 0 Å². The van der Waals surface area contributed by atoms with Crippen molar-refractivity contribution >= 4 is 29.3 Å². The van der Waals surface area contributed by atoms with Crippen LogP contribution in [-0.4, -0.2) is 38.3 Å². The smallest absolute Gasteiger partial charge is 0.266 e. The van der Waals surface area contributed by atoms with Crippen molar-refractivity contribution in [2.75, 3.05) is 10.7 Å². The first-order chi connectivity index (χ1) is 19.0. The number of fused-ring (bicyclic) bond motifs is 1. The van der Waals surface area contributed by atoms with Crippen molar-refractivity contribution < 1.29 is 24.2 Å². The van der Waals surface area contributed by atoms with E-state index in [2.05, 4.69) is 4.98 Å². The summed E-state index contributed by atoms with van der Waals surface area (Å²) in [6, 6.07) is 21.8. The summed E-state index contributed by atoms with van der Waals surface area (Å²) in [7, 11) is 1.96. The number of aliphatic hydroxyl groups is 1. The van der Waals surface area contributed by atoms with Crippen molar-refractivity contribution in [1.29, 1.82) is 0 Å². The Kier molecular flexibility index (Phi) is 7.05. The van der Waals surface area contributed by atoms with Crippen LogP contribution < -0.4 is 4.90 Å². The molecular formula is C30H27N3O5S. The molecule has 1 N–H and O–H groups in total. The number of anilines is 1. The first-order valence-corrected chi connectivity index (χ1v) is 13.7. The van der Waals surface area contributed by atoms with Gasteiger partial charge in [-0.25, -0.2) is 9.88 Å². The van der Waals surface area contributed by atoms with E-state index in [1.807, 2.05) is 48.1 Å². The van der Waals surface area contributed by atoms with Crippen molar-refractivity contribution in [2.45, 2.75) is 36.7 Å². The van der Waals surface area contributed by atoms with Crippen molar-refractivity contribution in [2.24, 2.45) is 7.05 Å². The van der Waals surface area contributed by atoms with Crippen LogP contribution in [-0.2, 0) is 23.1 Å². The molecule has 1 saturated heterocycles. The number of ether oxygens (including phenoxy) is 2. The van der Waals surface area contributed by atoms with Gasteiger partial charge in [0.1, 0.15) is 0 Å². The standard InChI is InChI=1S/C30H27N3O5S/c1-32-14-13-31-30(32)39-18-23-16-26(20-11-9-19(17-34)10-12-20)38-29(37-23)21-5-4-6-22(15-21)33-27(35)24-7-2-3-8-25(24)28(33)36/h2-15,23,26,29,34H,16-18H2,1H3/t23-,26+,29+/m1/s1. The third kappa shape index (κ3) is 5.02. The molecule has 3 aromatic carbocycles. The van der Waals surface area contributed by atoms with Crippen LogP contribution in [0.25, 0.3) is 0 Å². The van der Waals surface area contributed by atoms with Gasteiger partial charge in [0, 0.05) is 37.2 Å². The summed E-state index contributed by atoms with van der Waals surface area (Å²) in [5.41, 5.74) is 3.81. The van der Waals surface area contributed by atoms with Crippen LogP contribution >= 0.6 is 11.8 Å². The van der Waals surface area contributed by atoms with Gasteiger partial charge in [-0.05, 0) is 35.4 Å². The molecule has 2 aliphatic rings. The number of benzene rings is 3. The van der Waals surface area contributed by atoms with Gasteiger partial charge < -0.3 is 19.1 Å². The van der Waals surface area contributed by atoms with E-state index in [1.165, 1.54) is 4.90 Å². The van der Waals surface area contributed by atoms with E-state index < -0.39 is 6.29 Å². The number of carbonyl (C=O) groups is 2. The number of amides is 2. The molecular weight excluding hydrogens is 514 g/mol. The molecule has 0 unspecified atom stereocenters. The molecule has 39 heavy (non-hydrogen) atoms. The third-order valence-electron chi connectivity index (χ3n) is 6.98. The zero-order valence-electron chi connectivity index (χ0n) is 21.3. The lowest BCUT2D eigenvalue weighted by Gasteiger charge is -2.36. The van der Waals surface area contributed by atoms with Crippen molar-refractivity contribution in [3.05, 3.63) is 113 Å². The quantitative estimate of drug-likeness (QED) is 0.258. The normalized spacial score (nSPS) is 20.9. The molecule has 3 atom stereocenters. The van der Waals surface area contributed by atoms with Crippen molar-refractivity contribution in [1.82, 2.24) is 9.55 Å².